The highest BCUT2D eigenvalue weighted by Crippen LogP contribution is 2.43. The third-order valence-corrected chi connectivity index (χ3v) is 9.16. The lowest BCUT2D eigenvalue weighted by Gasteiger charge is -2.20. The molecule has 0 aromatic carbocycles. The van der Waals surface area contributed by atoms with Crippen LogP contribution in [-0.2, 0) is 32.7 Å². The van der Waals surface area contributed by atoms with Gasteiger partial charge in [0.25, 0.3) is 0 Å². The van der Waals surface area contributed by atoms with Crippen LogP contribution < -0.4 is 5.32 Å². The second-order valence-corrected chi connectivity index (χ2v) is 14.9. The summed E-state index contributed by atoms with van der Waals surface area (Å²) in [5.41, 5.74) is 0. The van der Waals surface area contributed by atoms with Crippen molar-refractivity contribution in [3.8, 4) is 0 Å². The van der Waals surface area contributed by atoms with Gasteiger partial charge in [0.15, 0.2) is 6.10 Å². The predicted molar refractivity (Wildman–Crippen MR) is 233 cm³/mol. The molecule has 56 heavy (non-hydrogen) atoms. The van der Waals surface area contributed by atoms with Gasteiger partial charge < -0.3 is 19.7 Å². The smallest absolute Gasteiger partial charge is 0.462 e. The van der Waals surface area contributed by atoms with Crippen LogP contribution >= 0.6 is 7.82 Å². The molecule has 0 aliphatic carbocycles. The maximum atomic E-state index is 12.6. The Morgan fingerprint density at radius 1 is 0.554 bits per heavy atom. The van der Waals surface area contributed by atoms with Crippen LogP contribution in [0, 0.1) is 0 Å². The lowest BCUT2D eigenvalue weighted by atomic mass is 10.2. The van der Waals surface area contributed by atoms with E-state index in [2.05, 4.69) is 104 Å². The summed E-state index contributed by atoms with van der Waals surface area (Å²) < 4.78 is 33.0. The van der Waals surface area contributed by atoms with Gasteiger partial charge in [-0.15, -0.1) is 0 Å². The fraction of sp³-hybridized carbons (Fsp3) is 0.609. The molecule has 0 heterocycles. The monoisotopic (exact) mass is 802 g/mol. The molecule has 0 aromatic heterocycles. The van der Waals surface area contributed by atoms with Gasteiger partial charge in [0.05, 0.1) is 13.2 Å². The van der Waals surface area contributed by atoms with Gasteiger partial charge in [-0.1, -0.05) is 137 Å². The summed E-state index contributed by atoms with van der Waals surface area (Å²) >= 11 is 0. The highest BCUT2D eigenvalue weighted by molar-refractivity contribution is 7.47. The van der Waals surface area contributed by atoms with Crippen molar-refractivity contribution in [2.45, 2.75) is 148 Å². The van der Waals surface area contributed by atoms with Gasteiger partial charge in [0.2, 0.25) is 0 Å². The number of allylic oxidation sites excluding steroid dienone is 16. The number of carbonyl (C=O) groups excluding carboxylic acids is 2. The number of hydrogen-bond donors (Lipinski definition) is 2. The van der Waals surface area contributed by atoms with Crippen molar-refractivity contribution >= 4 is 19.8 Å². The largest absolute Gasteiger partial charge is 0.472 e. The molecular weight excluding hydrogens is 725 g/mol. The minimum absolute atomic E-state index is 0.0410. The number of esters is 2. The van der Waals surface area contributed by atoms with E-state index >= 15 is 0 Å². The van der Waals surface area contributed by atoms with Crippen molar-refractivity contribution < 1.29 is 37.6 Å². The van der Waals surface area contributed by atoms with Gasteiger partial charge in [-0.2, -0.15) is 0 Å². The number of unbranched alkanes of at least 4 members (excludes halogenated alkanes) is 8. The summed E-state index contributed by atoms with van der Waals surface area (Å²) in [7, 11) is -2.70. The van der Waals surface area contributed by atoms with Crippen molar-refractivity contribution in [2.75, 3.05) is 33.4 Å². The normalized spacial score (nSPS) is 14.3. The van der Waals surface area contributed by atoms with Gasteiger partial charge in [-0.05, 0) is 96.9 Å². The van der Waals surface area contributed by atoms with E-state index in [0.29, 0.717) is 25.8 Å². The minimum atomic E-state index is -4.38. The molecule has 2 unspecified atom stereocenters. The number of phosphoric acid groups is 1. The molecule has 9 nitrogen and oxygen atoms in total. The van der Waals surface area contributed by atoms with Gasteiger partial charge in [0.1, 0.15) is 6.61 Å². The molecule has 0 radical (unpaired) electrons. The molecule has 0 aromatic rings. The first-order valence-corrected chi connectivity index (χ1v) is 22.7. The molecular formula is C46H76NO8P. The van der Waals surface area contributed by atoms with Crippen LogP contribution in [0.15, 0.2) is 97.2 Å². The Bertz CT molecular complexity index is 1230. The van der Waals surface area contributed by atoms with Crippen LogP contribution in [0.4, 0.5) is 0 Å². The second-order valence-electron chi connectivity index (χ2n) is 13.5. The number of carbonyl (C=O) groups is 2. The van der Waals surface area contributed by atoms with Crippen molar-refractivity contribution in [1.29, 1.82) is 0 Å². The van der Waals surface area contributed by atoms with Gasteiger partial charge >= 0.3 is 19.8 Å². The van der Waals surface area contributed by atoms with Crippen molar-refractivity contribution in [3.63, 3.8) is 0 Å². The average Bonchev–Trinajstić information content (AvgIpc) is 3.18. The Morgan fingerprint density at radius 2 is 0.946 bits per heavy atom. The number of hydrogen-bond acceptors (Lipinski definition) is 8. The van der Waals surface area contributed by atoms with E-state index in [1.54, 1.807) is 7.05 Å². The molecule has 0 aliphatic heterocycles. The molecule has 2 atom stereocenters. The Morgan fingerprint density at radius 3 is 1.36 bits per heavy atom. The Labute approximate surface area is 340 Å². The highest BCUT2D eigenvalue weighted by atomic mass is 31.2. The number of phosphoric ester groups is 1. The molecule has 0 bridgehead atoms. The molecule has 0 aliphatic rings. The lowest BCUT2D eigenvalue weighted by molar-refractivity contribution is -0.161. The molecule has 0 saturated heterocycles. The van der Waals surface area contributed by atoms with E-state index in [0.717, 1.165) is 44.9 Å². The van der Waals surface area contributed by atoms with Crippen LogP contribution in [-0.4, -0.2) is 56.3 Å². The summed E-state index contributed by atoms with van der Waals surface area (Å²) in [6.07, 6.45) is 51.8. The molecule has 0 spiro atoms. The van der Waals surface area contributed by atoms with Crippen LogP contribution in [0.25, 0.3) is 0 Å². The van der Waals surface area contributed by atoms with Crippen LogP contribution in [0.2, 0.25) is 0 Å². The molecule has 0 rings (SSSR count). The fourth-order valence-electron chi connectivity index (χ4n) is 4.95. The number of ether oxygens (including phenoxy) is 2. The summed E-state index contributed by atoms with van der Waals surface area (Å²) in [4.78, 5) is 35.0. The zero-order chi connectivity index (χ0) is 41.1. The molecule has 0 saturated carbocycles. The topological polar surface area (TPSA) is 120 Å². The second kappa shape index (κ2) is 41.6. The van der Waals surface area contributed by atoms with E-state index in [-0.39, 0.29) is 26.1 Å². The summed E-state index contributed by atoms with van der Waals surface area (Å²) in [6, 6.07) is 0. The van der Waals surface area contributed by atoms with E-state index in [1.165, 1.54) is 51.4 Å². The summed E-state index contributed by atoms with van der Waals surface area (Å²) in [6.45, 7) is 4.01. The van der Waals surface area contributed by atoms with E-state index in [4.69, 9.17) is 18.5 Å². The molecule has 0 amide bonds. The zero-order valence-electron chi connectivity index (χ0n) is 35.0. The SMILES string of the molecule is CCCCC/C=C\C/C=C\C/C=C\C/C=C\CCCC(=O)OCC(COP(=O)(O)OCCNC)OC(=O)CCC/C=C\C/C=C\C/C=C\C/C=C\CCCCC. The van der Waals surface area contributed by atoms with Crippen LogP contribution in [0.5, 0.6) is 0 Å². The van der Waals surface area contributed by atoms with Crippen molar-refractivity contribution in [3.05, 3.63) is 97.2 Å². The lowest BCUT2D eigenvalue weighted by Crippen LogP contribution is -2.29. The van der Waals surface area contributed by atoms with Crippen LogP contribution in [0.3, 0.4) is 0 Å². The number of nitrogens with one attached hydrogen (secondary N) is 1. The average molecular weight is 802 g/mol. The molecule has 2 N–H and O–H groups in total. The Hall–Kier alpha value is -3.07. The maximum Gasteiger partial charge on any atom is 0.472 e. The van der Waals surface area contributed by atoms with Gasteiger partial charge in [0, 0.05) is 19.4 Å². The zero-order valence-corrected chi connectivity index (χ0v) is 35.9. The minimum Gasteiger partial charge on any atom is -0.462 e. The first-order chi connectivity index (χ1) is 27.3. The molecule has 318 valence electrons. The summed E-state index contributed by atoms with van der Waals surface area (Å²) in [5, 5.41) is 2.81. The van der Waals surface area contributed by atoms with E-state index < -0.39 is 32.5 Å². The van der Waals surface area contributed by atoms with E-state index in [9.17, 15) is 19.0 Å². The molecule has 10 heteroatoms. The van der Waals surface area contributed by atoms with E-state index in [1.807, 2.05) is 12.2 Å². The standard InChI is InChI=1S/C46H76NO8P/c1-4-6-8-10-12-14-16-18-20-22-24-26-28-30-32-34-36-38-45(48)52-42-44(43-54-56(50,51)53-41-40-47-3)55-46(49)39-37-35-33-31-29-27-25-23-21-19-17-15-13-11-9-7-5-2/h12-15,18-21,24-27,30-33,44,47H,4-11,16-17,22-23,28-29,34-43H2,1-3H3,(H,50,51)/b14-12-,15-13-,20-18-,21-19-,26-24-,27-25-,32-30-,33-31-. The maximum absolute atomic E-state index is 12.6. The van der Waals surface area contributed by atoms with Gasteiger partial charge in [-0.25, -0.2) is 4.57 Å². The quantitative estimate of drug-likeness (QED) is 0.0272. The highest BCUT2D eigenvalue weighted by Gasteiger charge is 2.26. The van der Waals surface area contributed by atoms with Crippen molar-refractivity contribution in [2.24, 2.45) is 0 Å². The first kappa shape index (κ1) is 52.9. The third-order valence-electron chi connectivity index (χ3n) is 8.18. The third kappa shape index (κ3) is 40.6. The summed E-state index contributed by atoms with van der Waals surface area (Å²) in [5.74, 6) is -0.949. The van der Waals surface area contributed by atoms with Crippen LogP contribution in [0.1, 0.15) is 142 Å². The Kier molecular flexibility index (Phi) is 39.3. The predicted octanol–water partition coefficient (Wildman–Crippen LogP) is 12.1. The first-order valence-electron chi connectivity index (χ1n) is 21.2. The van der Waals surface area contributed by atoms with Crippen molar-refractivity contribution in [1.82, 2.24) is 5.32 Å². The van der Waals surface area contributed by atoms with Gasteiger partial charge in [-0.3, -0.25) is 18.6 Å². The number of likely N-dealkylation sites (N-methyl/N-ethyl adjacent to an activating group) is 1. The Balaban J connectivity index is 4.46. The fourth-order valence-corrected chi connectivity index (χ4v) is 5.70. The molecule has 0 fully saturated rings. The number of rotatable bonds is 38.